The first-order valence-corrected chi connectivity index (χ1v) is 9.48. The van der Waals surface area contributed by atoms with E-state index in [1.54, 1.807) is 0 Å². The van der Waals surface area contributed by atoms with E-state index in [4.69, 9.17) is 0 Å². The third-order valence-corrected chi connectivity index (χ3v) is 4.48. The molecule has 0 saturated carbocycles. The number of halogens is 10. The number of H-pyrrole nitrogens is 1. The van der Waals surface area contributed by atoms with Gasteiger partial charge in [0.05, 0.1) is 11.1 Å². The second-order valence-electron chi connectivity index (χ2n) is 6.80. The highest BCUT2D eigenvalue weighted by atomic mass is 19.4. The van der Waals surface area contributed by atoms with Gasteiger partial charge in [0, 0.05) is 11.8 Å². The molecule has 4 rings (SSSR count). The molecule has 0 atom stereocenters. The number of hydrogen-bond acceptors (Lipinski definition) is 5. The maximum atomic E-state index is 14.3. The molecule has 4 aromatic rings. The summed E-state index contributed by atoms with van der Waals surface area (Å²) in [5.41, 5.74) is -2.01. The molecule has 1 aromatic carbocycles. The zero-order valence-electron chi connectivity index (χ0n) is 17.6. The van der Waals surface area contributed by atoms with Crippen molar-refractivity contribution in [1.82, 2.24) is 24.9 Å². The van der Waals surface area contributed by atoms with Crippen molar-refractivity contribution in [2.24, 2.45) is 5.73 Å². The summed E-state index contributed by atoms with van der Waals surface area (Å²) in [5.74, 6) is -2.65. The molecular formula is C20H12F10N6. The fraction of sp³-hybridized carbons (Fsp3) is 0.200. The SMILES string of the molecule is CN.Fc1cc(C(F)(F)F)ccc1-c1nc2nc(-c3ccc(C(F)(F)F)nc3)nc(C(F)(F)F)c2[nH]1. The van der Waals surface area contributed by atoms with Crippen molar-refractivity contribution in [3.05, 3.63) is 59.3 Å². The van der Waals surface area contributed by atoms with E-state index in [-0.39, 0.29) is 11.6 Å². The first-order valence-electron chi connectivity index (χ1n) is 9.48. The van der Waals surface area contributed by atoms with E-state index in [0.29, 0.717) is 24.4 Å². The number of nitrogens with two attached hydrogens (primary N) is 1. The number of fused-ring (bicyclic) bond motifs is 1. The summed E-state index contributed by atoms with van der Waals surface area (Å²) in [6.45, 7) is 0. The van der Waals surface area contributed by atoms with Gasteiger partial charge in [-0.3, -0.25) is 4.98 Å². The molecule has 0 aliphatic heterocycles. The van der Waals surface area contributed by atoms with Crippen LogP contribution in [-0.4, -0.2) is 32.0 Å². The lowest BCUT2D eigenvalue weighted by molar-refractivity contribution is -0.141. The van der Waals surface area contributed by atoms with Crippen LogP contribution in [0, 0.1) is 5.82 Å². The molecule has 0 bridgehead atoms. The number of hydrogen-bond donors (Lipinski definition) is 2. The third kappa shape index (κ3) is 5.37. The van der Waals surface area contributed by atoms with Crippen molar-refractivity contribution in [2.75, 3.05) is 7.05 Å². The number of nitrogens with one attached hydrogen (secondary N) is 1. The summed E-state index contributed by atoms with van der Waals surface area (Å²) in [6, 6.07) is 2.67. The van der Waals surface area contributed by atoms with Crippen LogP contribution < -0.4 is 5.73 Å². The Hall–Kier alpha value is -3.82. The molecule has 3 aromatic heterocycles. The summed E-state index contributed by atoms with van der Waals surface area (Å²) >= 11 is 0. The first-order chi connectivity index (χ1) is 16.6. The van der Waals surface area contributed by atoms with Crippen molar-refractivity contribution in [1.29, 1.82) is 0 Å². The van der Waals surface area contributed by atoms with E-state index in [2.05, 4.69) is 30.7 Å². The van der Waals surface area contributed by atoms with E-state index in [9.17, 15) is 43.9 Å². The first kappa shape index (κ1) is 26.8. The number of benzene rings is 1. The molecule has 0 amide bonds. The highest BCUT2D eigenvalue weighted by molar-refractivity contribution is 5.80. The van der Waals surface area contributed by atoms with Gasteiger partial charge < -0.3 is 10.7 Å². The molecule has 6 nitrogen and oxygen atoms in total. The van der Waals surface area contributed by atoms with Gasteiger partial charge in [-0.05, 0) is 37.4 Å². The zero-order chi connectivity index (χ0) is 27.1. The highest BCUT2D eigenvalue weighted by Crippen LogP contribution is 2.36. The van der Waals surface area contributed by atoms with Gasteiger partial charge in [0.25, 0.3) is 0 Å². The van der Waals surface area contributed by atoms with E-state index in [0.717, 1.165) is 6.07 Å². The molecule has 0 aliphatic carbocycles. The normalized spacial score (nSPS) is 12.4. The van der Waals surface area contributed by atoms with Crippen molar-refractivity contribution in [3.8, 4) is 22.8 Å². The van der Waals surface area contributed by atoms with E-state index >= 15 is 0 Å². The number of imidazole rings is 1. The Kier molecular flexibility index (Phi) is 6.94. The lowest BCUT2D eigenvalue weighted by Crippen LogP contribution is -2.11. The topological polar surface area (TPSA) is 93.4 Å². The molecule has 0 spiro atoms. The van der Waals surface area contributed by atoms with Crippen LogP contribution in [0.3, 0.4) is 0 Å². The van der Waals surface area contributed by atoms with Gasteiger partial charge in [-0.25, -0.2) is 19.3 Å². The number of aromatic nitrogens is 5. The van der Waals surface area contributed by atoms with Crippen LogP contribution in [0.4, 0.5) is 43.9 Å². The van der Waals surface area contributed by atoms with Gasteiger partial charge in [-0.2, -0.15) is 39.5 Å². The zero-order valence-corrected chi connectivity index (χ0v) is 17.6. The summed E-state index contributed by atoms with van der Waals surface area (Å²) < 4.78 is 131. The Morgan fingerprint density at radius 3 is 1.94 bits per heavy atom. The Labute approximate surface area is 194 Å². The summed E-state index contributed by atoms with van der Waals surface area (Å²) in [4.78, 5) is 16.1. The molecule has 16 heteroatoms. The number of aromatic amines is 1. The quantitative estimate of drug-likeness (QED) is 0.320. The molecule has 0 unspecified atom stereocenters. The average Bonchev–Trinajstić information content (AvgIpc) is 3.21. The second kappa shape index (κ2) is 9.33. The average molecular weight is 526 g/mol. The van der Waals surface area contributed by atoms with Crippen LogP contribution in [-0.2, 0) is 18.5 Å². The molecule has 0 radical (unpaired) electrons. The van der Waals surface area contributed by atoms with Gasteiger partial charge in [0.15, 0.2) is 17.2 Å². The number of nitrogens with zero attached hydrogens (tertiary/aromatic N) is 4. The Bertz CT molecular complexity index is 1370. The largest absolute Gasteiger partial charge is 0.435 e. The maximum Gasteiger partial charge on any atom is 0.435 e. The lowest BCUT2D eigenvalue weighted by atomic mass is 10.1. The Morgan fingerprint density at radius 1 is 0.778 bits per heavy atom. The van der Waals surface area contributed by atoms with Crippen LogP contribution in [0.15, 0.2) is 36.5 Å². The third-order valence-electron chi connectivity index (χ3n) is 4.48. The van der Waals surface area contributed by atoms with E-state index < -0.39 is 69.7 Å². The summed E-state index contributed by atoms with van der Waals surface area (Å²) in [5, 5.41) is 0. The molecule has 0 saturated heterocycles. The predicted octanol–water partition coefficient (Wildman–Crippen LogP) is 5.85. The molecule has 192 valence electrons. The monoisotopic (exact) mass is 526 g/mol. The van der Waals surface area contributed by atoms with Crippen LogP contribution in [0.2, 0.25) is 0 Å². The second-order valence-corrected chi connectivity index (χ2v) is 6.80. The van der Waals surface area contributed by atoms with Gasteiger partial charge in [0.1, 0.15) is 22.9 Å². The van der Waals surface area contributed by atoms with Crippen LogP contribution in [0.5, 0.6) is 0 Å². The van der Waals surface area contributed by atoms with Crippen molar-refractivity contribution < 1.29 is 43.9 Å². The minimum atomic E-state index is -5.10. The maximum absolute atomic E-state index is 14.3. The molecule has 36 heavy (non-hydrogen) atoms. The fourth-order valence-electron chi connectivity index (χ4n) is 2.94. The summed E-state index contributed by atoms with van der Waals surface area (Å²) in [6.07, 6.45) is -14.1. The van der Waals surface area contributed by atoms with Gasteiger partial charge >= 0.3 is 18.5 Å². The number of pyridine rings is 1. The van der Waals surface area contributed by atoms with E-state index in [1.807, 2.05) is 0 Å². The Morgan fingerprint density at radius 2 is 1.44 bits per heavy atom. The molecule has 3 N–H and O–H groups in total. The molecule has 0 fully saturated rings. The standard InChI is InChI=1S/C19H7F10N5.CH5N/c20-10-5-8(17(21,22)23)2-3-9(10)15-31-12-13(19(27,28)29)32-14(33-16(12)34-15)7-1-4-11(30-6-7)18(24,25)26;1-2/h1-6H,(H,31,32,33,34);2H2,1H3. The van der Waals surface area contributed by atoms with Crippen LogP contribution >= 0.6 is 0 Å². The number of rotatable bonds is 2. The summed E-state index contributed by atoms with van der Waals surface area (Å²) in [7, 11) is 1.50. The lowest BCUT2D eigenvalue weighted by Gasteiger charge is -2.09. The molecule has 3 heterocycles. The molecular weight excluding hydrogens is 514 g/mol. The van der Waals surface area contributed by atoms with Gasteiger partial charge in [0.2, 0.25) is 0 Å². The van der Waals surface area contributed by atoms with Gasteiger partial charge in [-0.15, -0.1) is 0 Å². The predicted molar refractivity (Wildman–Crippen MR) is 105 cm³/mol. The van der Waals surface area contributed by atoms with Gasteiger partial charge in [-0.1, -0.05) is 0 Å². The molecule has 0 aliphatic rings. The number of alkyl halides is 9. The minimum Gasteiger partial charge on any atom is -0.335 e. The van der Waals surface area contributed by atoms with Crippen LogP contribution in [0.1, 0.15) is 17.0 Å². The van der Waals surface area contributed by atoms with Crippen molar-refractivity contribution >= 4 is 11.2 Å². The van der Waals surface area contributed by atoms with Crippen LogP contribution in [0.25, 0.3) is 33.9 Å². The van der Waals surface area contributed by atoms with Crippen molar-refractivity contribution in [3.63, 3.8) is 0 Å². The highest BCUT2D eigenvalue weighted by Gasteiger charge is 2.38. The fourth-order valence-corrected chi connectivity index (χ4v) is 2.94. The van der Waals surface area contributed by atoms with E-state index in [1.165, 1.54) is 7.05 Å². The Balaban J connectivity index is 0.00000176. The minimum absolute atomic E-state index is 0.151. The van der Waals surface area contributed by atoms with Crippen molar-refractivity contribution in [2.45, 2.75) is 18.5 Å². The smallest absolute Gasteiger partial charge is 0.335 e.